The van der Waals surface area contributed by atoms with Crippen LogP contribution in [-0.2, 0) is 19.1 Å². The molecule has 3 heterocycles. The van der Waals surface area contributed by atoms with E-state index < -0.39 is 46.9 Å². The van der Waals surface area contributed by atoms with Gasteiger partial charge < -0.3 is 20.1 Å². The molecule has 1 unspecified atom stereocenters. The van der Waals surface area contributed by atoms with Gasteiger partial charge in [-0.15, -0.1) is 0 Å². The number of carboxylic acid groups (broad SMARTS) is 1. The number of carbonyl (C=O) groups is 4. The van der Waals surface area contributed by atoms with Crippen LogP contribution in [0, 0.1) is 11.6 Å². The number of hydrogen-bond acceptors (Lipinski definition) is 7. The summed E-state index contributed by atoms with van der Waals surface area (Å²) in [4.78, 5) is 56.6. The topological polar surface area (TPSA) is 132 Å². The van der Waals surface area contributed by atoms with Crippen LogP contribution in [0.1, 0.15) is 36.4 Å². The molecular formula is C27H29F2N5O6. The largest absolute Gasteiger partial charge is 0.479 e. The molecule has 4 rings (SSSR count). The first-order valence-electron chi connectivity index (χ1n) is 12.7. The van der Waals surface area contributed by atoms with E-state index in [0.717, 1.165) is 60.9 Å². The number of aliphatic carboxylic acids is 1. The van der Waals surface area contributed by atoms with Gasteiger partial charge in [-0.05, 0) is 69.2 Å². The van der Waals surface area contributed by atoms with Crippen molar-refractivity contribution in [3.63, 3.8) is 0 Å². The Hall–Kier alpha value is -4.39. The molecule has 2 aromatic rings. The maximum atomic E-state index is 14.2. The van der Waals surface area contributed by atoms with E-state index in [0.29, 0.717) is 31.4 Å². The van der Waals surface area contributed by atoms with Gasteiger partial charge in [-0.2, -0.15) is 5.01 Å². The van der Waals surface area contributed by atoms with Gasteiger partial charge in [0.05, 0.1) is 18.4 Å². The Balaban J connectivity index is 1.55. The molecule has 0 radical (unpaired) electrons. The summed E-state index contributed by atoms with van der Waals surface area (Å²) in [6, 6.07) is 5.53. The summed E-state index contributed by atoms with van der Waals surface area (Å²) < 4.78 is 32.7. The van der Waals surface area contributed by atoms with Gasteiger partial charge in [0.1, 0.15) is 0 Å². The molecule has 1 fully saturated rings. The van der Waals surface area contributed by atoms with Crippen LogP contribution in [0.4, 0.5) is 13.6 Å². The highest BCUT2D eigenvalue weighted by Crippen LogP contribution is 2.32. The van der Waals surface area contributed by atoms with Crippen LogP contribution in [0.25, 0.3) is 5.70 Å². The SMILES string of the molecule is COC(=O)C1=C(c2ccc(F)c(F)c2)N(N(C=O)CCCN2CCC(c3ccccn3)CC2)C(=O)NC1C(=O)O. The van der Waals surface area contributed by atoms with Gasteiger partial charge in [0.15, 0.2) is 17.7 Å². The second-order valence-corrected chi connectivity index (χ2v) is 9.41. The molecule has 2 aliphatic rings. The maximum Gasteiger partial charge on any atom is 0.342 e. The number of urea groups is 1. The average molecular weight is 558 g/mol. The van der Waals surface area contributed by atoms with Crippen LogP contribution < -0.4 is 5.32 Å². The first-order chi connectivity index (χ1) is 19.2. The molecule has 11 nitrogen and oxygen atoms in total. The van der Waals surface area contributed by atoms with Gasteiger partial charge in [-0.25, -0.2) is 28.2 Å². The lowest BCUT2D eigenvalue weighted by Crippen LogP contribution is -2.59. The number of carboxylic acids is 1. The lowest BCUT2D eigenvalue weighted by molar-refractivity contribution is -0.143. The average Bonchev–Trinajstić information content (AvgIpc) is 2.97. The third-order valence-corrected chi connectivity index (χ3v) is 6.99. The molecular weight excluding hydrogens is 528 g/mol. The normalized spacial score (nSPS) is 18.3. The van der Waals surface area contributed by atoms with Crippen molar-refractivity contribution in [2.45, 2.75) is 31.2 Å². The van der Waals surface area contributed by atoms with Crippen molar-refractivity contribution < 1.29 is 37.8 Å². The molecule has 1 atom stereocenters. The monoisotopic (exact) mass is 557 g/mol. The minimum atomic E-state index is -1.85. The molecule has 0 saturated carbocycles. The number of likely N-dealkylation sites (tertiary alicyclic amines) is 1. The highest BCUT2D eigenvalue weighted by atomic mass is 19.2. The number of hydrazine groups is 1. The number of aromatic nitrogens is 1. The predicted molar refractivity (Wildman–Crippen MR) is 137 cm³/mol. The molecule has 0 aliphatic carbocycles. The molecule has 2 aliphatic heterocycles. The molecule has 212 valence electrons. The first kappa shape index (κ1) is 28.6. The standard InChI is InChI=1S/C27H29F2N5O6/c1-40-26(38)22-23(25(36)37)31-27(39)34(24(22)18-6-7-19(28)20(29)15-18)33(16-35)12-4-11-32-13-8-17(9-14-32)21-5-2-3-10-30-21/h2-3,5-7,10,15-17,23H,4,8-9,11-14H2,1H3,(H,31,39)(H,36,37). The lowest BCUT2D eigenvalue weighted by Gasteiger charge is -2.39. The molecule has 1 saturated heterocycles. The van der Waals surface area contributed by atoms with Crippen molar-refractivity contribution in [1.29, 1.82) is 0 Å². The number of halogens is 2. The predicted octanol–water partition coefficient (Wildman–Crippen LogP) is 2.37. The number of nitrogens with zero attached hydrogens (tertiary/aromatic N) is 4. The number of hydrogen-bond donors (Lipinski definition) is 2. The minimum Gasteiger partial charge on any atom is -0.479 e. The molecule has 1 aromatic carbocycles. The van der Waals surface area contributed by atoms with Crippen molar-refractivity contribution >= 4 is 30.1 Å². The van der Waals surface area contributed by atoms with Crippen LogP contribution >= 0.6 is 0 Å². The molecule has 1 aromatic heterocycles. The Morgan fingerprint density at radius 1 is 1.20 bits per heavy atom. The van der Waals surface area contributed by atoms with E-state index >= 15 is 0 Å². The number of amides is 3. The van der Waals surface area contributed by atoms with Crippen LogP contribution in [0.5, 0.6) is 0 Å². The van der Waals surface area contributed by atoms with E-state index in [1.807, 2.05) is 18.2 Å². The summed E-state index contributed by atoms with van der Waals surface area (Å²) in [6.07, 6.45) is 4.40. The fourth-order valence-electron chi connectivity index (χ4n) is 5.01. The van der Waals surface area contributed by atoms with Gasteiger partial charge in [-0.1, -0.05) is 6.07 Å². The zero-order valence-corrected chi connectivity index (χ0v) is 21.8. The number of pyridine rings is 1. The van der Waals surface area contributed by atoms with Crippen molar-refractivity contribution in [1.82, 2.24) is 25.2 Å². The second-order valence-electron chi connectivity index (χ2n) is 9.41. The van der Waals surface area contributed by atoms with E-state index in [2.05, 4.69) is 15.2 Å². The van der Waals surface area contributed by atoms with Crippen LogP contribution in [0.3, 0.4) is 0 Å². The highest BCUT2D eigenvalue weighted by molar-refractivity contribution is 6.09. The van der Waals surface area contributed by atoms with Crippen molar-refractivity contribution in [2.24, 2.45) is 0 Å². The third kappa shape index (κ3) is 6.09. The number of nitrogens with one attached hydrogen (secondary N) is 1. The summed E-state index contributed by atoms with van der Waals surface area (Å²) in [5.74, 6) is -4.83. The smallest absolute Gasteiger partial charge is 0.342 e. The zero-order chi connectivity index (χ0) is 28.8. The van der Waals surface area contributed by atoms with E-state index in [1.54, 1.807) is 6.20 Å². The van der Waals surface area contributed by atoms with Crippen molar-refractivity contribution in [2.75, 3.05) is 33.3 Å². The fraction of sp³-hybridized carbons (Fsp3) is 0.370. The van der Waals surface area contributed by atoms with E-state index in [-0.39, 0.29) is 12.1 Å². The van der Waals surface area contributed by atoms with Gasteiger partial charge >= 0.3 is 18.0 Å². The van der Waals surface area contributed by atoms with Crippen LogP contribution in [0.2, 0.25) is 0 Å². The molecule has 2 N–H and O–H groups in total. The summed E-state index contributed by atoms with van der Waals surface area (Å²) >= 11 is 0. The number of carbonyl (C=O) groups excluding carboxylic acids is 3. The highest BCUT2D eigenvalue weighted by Gasteiger charge is 2.43. The number of benzene rings is 1. The van der Waals surface area contributed by atoms with Gasteiger partial charge in [0.25, 0.3) is 0 Å². The van der Waals surface area contributed by atoms with Gasteiger partial charge in [-0.3, -0.25) is 9.78 Å². The number of methoxy groups -OCH3 is 1. The summed E-state index contributed by atoms with van der Waals surface area (Å²) in [6.45, 7) is 2.25. The molecule has 13 heteroatoms. The Morgan fingerprint density at radius 3 is 2.55 bits per heavy atom. The molecule has 3 amide bonds. The Bertz CT molecular complexity index is 1300. The maximum absolute atomic E-state index is 14.2. The zero-order valence-electron chi connectivity index (χ0n) is 21.8. The molecule has 0 spiro atoms. The van der Waals surface area contributed by atoms with E-state index in [9.17, 15) is 33.1 Å². The van der Waals surface area contributed by atoms with Gasteiger partial charge in [0, 0.05) is 29.9 Å². The van der Waals surface area contributed by atoms with Crippen molar-refractivity contribution in [3.8, 4) is 0 Å². The fourth-order valence-corrected chi connectivity index (χ4v) is 5.01. The van der Waals surface area contributed by atoms with Crippen LogP contribution in [-0.4, -0.2) is 88.7 Å². The number of piperidine rings is 1. The van der Waals surface area contributed by atoms with E-state index in [1.165, 1.54) is 0 Å². The Morgan fingerprint density at radius 2 is 1.95 bits per heavy atom. The summed E-state index contributed by atoms with van der Waals surface area (Å²) in [5.41, 5.74) is -0.0823. The summed E-state index contributed by atoms with van der Waals surface area (Å²) in [7, 11) is 1.01. The number of esters is 1. The van der Waals surface area contributed by atoms with E-state index in [4.69, 9.17) is 4.74 Å². The quantitative estimate of drug-likeness (QED) is 0.336. The Kier molecular flexibility index (Phi) is 9.04. The number of ether oxygens (including phenoxy) is 1. The molecule has 40 heavy (non-hydrogen) atoms. The Labute approximate surface area is 229 Å². The van der Waals surface area contributed by atoms with Gasteiger partial charge in [0.2, 0.25) is 6.41 Å². The molecule has 0 bridgehead atoms. The third-order valence-electron chi connectivity index (χ3n) is 6.99. The lowest BCUT2D eigenvalue weighted by atomic mass is 9.93. The van der Waals surface area contributed by atoms with Crippen LogP contribution in [0.15, 0.2) is 48.2 Å². The minimum absolute atomic E-state index is 0.0104. The number of rotatable bonds is 10. The van der Waals surface area contributed by atoms with Crippen molar-refractivity contribution in [3.05, 3.63) is 71.1 Å². The second kappa shape index (κ2) is 12.6. The summed E-state index contributed by atoms with van der Waals surface area (Å²) in [5, 5.41) is 13.6. The first-order valence-corrected chi connectivity index (χ1v) is 12.7.